The maximum Gasteiger partial charge on any atom is 0.329 e. The molecular weight excluding hydrogens is 278 g/mol. The number of hydrogen-bond acceptors (Lipinski definition) is 4. The highest BCUT2D eigenvalue weighted by Gasteiger charge is 2.48. The van der Waals surface area contributed by atoms with Crippen LogP contribution in [0.15, 0.2) is 12.3 Å². The Morgan fingerprint density at radius 2 is 2.19 bits per heavy atom. The van der Waals surface area contributed by atoms with Crippen molar-refractivity contribution in [2.45, 2.75) is 38.8 Å². The van der Waals surface area contributed by atoms with Crippen molar-refractivity contribution in [3.8, 4) is 0 Å². The number of carbonyl (C=O) groups excluding carboxylic acids is 1. The molecule has 0 aromatic carbocycles. The van der Waals surface area contributed by atoms with Crippen LogP contribution in [0.3, 0.4) is 0 Å². The molecule has 1 fully saturated rings. The zero-order valence-electron chi connectivity index (χ0n) is 11.8. The first-order chi connectivity index (χ1) is 9.79. The van der Waals surface area contributed by atoms with Crippen molar-refractivity contribution < 1.29 is 19.6 Å². The lowest BCUT2D eigenvalue weighted by Crippen LogP contribution is -2.54. The smallest absolute Gasteiger partial charge is 0.329 e. The van der Waals surface area contributed by atoms with E-state index in [0.29, 0.717) is 6.54 Å². The molecule has 1 aromatic rings. The van der Waals surface area contributed by atoms with E-state index in [4.69, 9.17) is 0 Å². The molecule has 1 aliphatic rings. The monoisotopic (exact) mass is 295 g/mol. The van der Waals surface area contributed by atoms with Gasteiger partial charge in [0.1, 0.15) is 11.2 Å². The molecule has 0 bridgehead atoms. The lowest BCUT2D eigenvalue weighted by molar-refractivity contribution is -0.384. The standard InChI is InChI=1S/C13H17N3O5/c1-3-15-7-9(16(20)21)6-10(15)11(17)14-13(2,12(18)19)8-4-5-8/h6-8H,3-5H2,1-2H3,(H,14,17)(H,18,19). The number of carboxylic acid groups (broad SMARTS) is 1. The predicted molar refractivity (Wildman–Crippen MR) is 73.0 cm³/mol. The van der Waals surface area contributed by atoms with Gasteiger partial charge in [-0.3, -0.25) is 14.9 Å². The SMILES string of the molecule is CCn1cc([N+](=O)[O-])cc1C(=O)NC(C)(C(=O)O)C1CC1. The van der Waals surface area contributed by atoms with Crippen LogP contribution >= 0.6 is 0 Å². The minimum Gasteiger partial charge on any atom is -0.480 e. The van der Waals surface area contributed by atoms with Gasteiger partial charge in [-0.05, 0) is 32.6 Å². The minimum atomic E-state index is -1.34. The van der Waals surface area contributed by atoms with Gasteiger partial charge < -0.3 is 15.0 Å². The van der Waals surface area contributed by atoms with Gasteiger partial charge in [0.2, 0.25) is 0 Å². The Balaban J connectivity index is 2.27. The first-order valence-corrected chi connectivity index (χ1v) is 6.70. The molecule has 1 heterocycles. The molecule has 21 heavy (non-hydrogen) atoms. The molecule has 1 aliphatic carbocycles. The maximum atomic E-state index is 12.3. The lowest BCUT2D eigenvalue weighted by Gasteiger charge is -2.26. The summed E-state index contributed by atoms with van der Waals surface area (Å²) in [4.78, 5) is 33.9. The number of nitrogens with one attached hydrogen (secondary N) is 1. The van der Waals surface area contributed by atoms with E-state index in [9.17, 15) is 24.8 Å². The van der Waals surface area contributed by atoms with Crippen molar-refractivity contribution in [1.82, 2.24) is 9.88 Å². The van der Waals surface area contributed by atoms with Gasteiger partial charge in [-0.2, -0.15) is 0 Å². The zero-order chi connectivity index (χ0) is 15.8. The number of nitrogens with zero attached hydrogens (tertiary/aromatic N) is 2. The number of aliphatic carboxylic acids is 1. The molecule has 2 N–H and O–H groups in total. The fourth-order valence-electron chi connectivity index (χ4n) is 2.34. The van der Waals surface area contributed by atoms with E-state index in [-0.39, 0.29) is 17.3 Å². The van der Waals surface area contributed by atoms with Crippen LogP contribution in [0.25, 0.3) is 0 Å². The van der Waals surface area contributed by atoms with Crippen molar-refractivity contribution in [3.05, 3.63) is 28.1 Å². The Morgan fingerprint density at radius 1 is 1.57 bits per heavy atom. The third kappa shape index (κ3) is 2.74. The molecule has 1 aromatic heterocycles. The summed E-state index contributed by atoms with van der Waals surface area (Å²) >= 11 is 0. The summed E-state index contributed by atoms with van der Waals surface area (Å²) in [5, 5.41) is 22.6. The van der Waals surface area contributed by atoms with Crippen LogP contribution in [-0.2, 0) is 11.3 Å². The number of aryl methyl sites for hydroxylation is 1. The van der Waals surface area contributed by atoms with E-state index in [0.717, 1.165) is 18.9 Å². The molecule has 2 rings (SSSR count). The molecular formula is C13H17N3O5. The van der Waals surface area contributed by atoms with Crippen LogP contribution in [0.5, 0.6) is 0 Å². The quantitative estimate of drug-likeness (QED) is 0.608. The summed E-state index contributed by atoms with van der Waals surface area (Å²) in [5.74, 6) is -1.80. The second-order valence-electron chi connectivity index (χ2n) is 5.36. The van der Waals surface area contributed by atoms with Crippen molar-refractivity contribution in [2.24, 2.45) is 5.92 Å². The van der Waals surface area contributed by atoms with Crippen LogP contribution in [0, 0.1) is 16.0 Å². The van der Waals surface area contributed by atoms with Gasteiger partial charge in [0.25, 0.3) is 11.6 Å². The van der Waals surface area contributed by atoms with E-state index < -0.39 is 22.3 Å². The van der Waals surface area contributed by atoms with Gasteiger partial charge in [0.15, 0.2) is 0 Å². The van der Waals surface area contributed by atoms with Crippen LogP contribution < -0.4 is 5.32 Å². The summed E-state index contributed by atoms with van der Waals surface area (Å²) in [6, 6.07) is 1.16. The van der Waals surface area contributed by atoms with Gasteiger partial charge >= 0.3 is 5.97 Å². The Hall–Kier alpha value is -2.38. The average molecular weight is 295 g/mol. The third-order valence-corrected chi connectivity index (χ3v) is 3.88. The van der Waals surface area contributed by atoms with E-state index in [2.05, 4.69) is 5.32 Å². The molecule has 1 saturated carbocycles. The van der Waals surface area contributed by atoms with Crippen LogP contribution in [0.4, 0.5) is 5.69 Å². The molecule has 1 unspecified atom stereocenters. The lowest BCUT2D eigenvalue weighted by atomic mass is 9.96. The van der Waals surface area contributed by atoms with Gasteiger partial charge in [-0.15, -0.1) is 0 Å². The number of carbonyl (C=O) groups is 2. The number of hydrogen-bond donors (Lipinski definition) is 2. The molecule has 0 radical (unpaired) electrons. The van der Waals surface area contributed by atoms with Crippen molar-refractivity contribution >= 4 is 17.6 Å². The molecule has 1 atom stereocenters. The van der Waals surface area contributed by atoms with E-state index in [1.165, 1.54) is 17.7 Å². The van der Waals surface area contributed by atoms with Gasteiger partial charge in [-0.1, -0.05) is 0 Å². The molecule has 1 amide bonds. The fourth-order valence-corrected chi connectivity index (χ4v) is 2.34. The Labute approximate surface area is 120 Å². The van der Waals surface area contributed by atoms with Gasteiger partial charge in [0, 0.05) is 12.6 Å². The largest absolute Gasteiger partial charge is 0.480 e. The van der Waals surface area contributed by atoms with Gasteiger partial charge in [-0.25, -0.2) is 4.79 Å². The fraction of sp³-hybridized carbons (Fsp3) is 0.538. The Bertz CT molecular complexity index is 605. The second kappa shape index (κ2) is 5.19. The molecule has 8 nitrogen and oxygen atoms in total. The van der Waals surface area contributed by atoms with Crippen LogP contribution in [0.1, 0.15) is 37.2 Å². The summed E-state index contributed by atoms with van der Waals surface area (Å²) in [7, 11) is 0. The number of rotatable bonds is 6. The van der Waals surface area contributed by atoms with E-state index >= 15 is 0 Å². The summed E-state index contributed by atoms with van der Waals surface area (Å²) in [5.41, 5.74) is -1.43. The molecule has 8 heteroatoms. The normalized spacial score (nSPS) is 17.0. The van der Waals surface area contributed by atoms with Crippen molar-refractivity contribution in [3.63, 3.8) is 0 Å². The predicted octanol–water partition coefficient (Wildman–Crippen LogP) is 1.40. The first kappa shape index (κ1) is 15.0. The number of aromatic nitrogens is 1. The minimum absolute atomic E-state index is 0.0947. The summed E-state index contributed by atoms with van der Waals surface area (Å²) in [6.07, 6.45) is 2.76. The molecule has 114 valence electrons. The van der Waals surface area contributed by atoms with Crippen LogP contribution in [0.2, 0.25) is 0 Å². The van der Waals surface area contributed by atoms with Crippen molar-refractivity contribution in [1.29, 1.82) is 0 Å². The third-order valence-electron chi connectivity index (χ3n) is 3.88. The van der Waals surface area contributed by atoms with E-state index in [1.807, 2.05) is 0 Å². The van der Waals surface area contributed by atoms with E-state index in [1.54, 1.807) is 6.92 Å². The maximum absolute atomic E-state index is 12.3. The Morgan fingerprint density at radius 3 is 2.62 bits per heavy atom. The molecule has 0 saturated heterocycles. The Kier molecular flexibility index (Phi) is 3.71. The zero-order valence-corrected chi connectivity index (χ0v) is 11.8. The topological polar surface area (TPSA) is 114 Å². The highest BCUT2D eigenvalue weighted by Crippen LogP contribution is 2.40. The number of nitro groups is 1. The highest BCUT2D eigenvalue weighted by atomic mass is 16.6. The van der Waals surface area contributed by atoms with Crippen molar-refractivity contribution in [2.75, 3.05) is 0 Å². The average Bonchev–Trinajstić information content (AvgIpc) is 3.17. The summed E-state index contributed by atoms with van der Waals surface area (Å²) < 4.78 is 1.43. The summed E-state index contributed by atoms with van der Waals surface area (Å²) in [6.45, 7) is 3.60. The van der Waals surface area contributed by atoms with Crippen LogP contribution in [-0.4, -0.2) is 32.0 Å². The molecule has 0 aliphatic heterocycles. The molecule has 0 spiro atoms. The number of carboxylic acids is 1. The highest BCUT2D eigenvalue weighted by molar-refractivity contribution is 5.97. The first-order valence-electron chi connectivity index (χ1n) is 6.70. The number of amides is 1. The van der Waals surface area contributed by atoms with Gasteiger partial charge in [0.05, 0.1) is 11.1 Å². The second-order valence-corrected chi connectivity index (χ2v) is 5.36.